The van der Waals surface area contributed by atoms with E-state index < -0.39 is 11.6 Å². The first-order valence-electron chi connectivity index (χ1n) is 14.0. The number of carbonyl (C=O) groups excluding carboxylic acids is 1. The number of allylic oxidation sites excluding steroid dienone is 1. The second-order valence-electron chi connectivity index (χ2n) is 12.4. The van der Waals surface area contributed by atoms with Crippen molar-refractivity contribution in [2.24, 2.45) is 22.7 Å². The van der Waals surface area contributed by atoms with Crippen molar-refractivity contribution in [2.45, 2.75) is 109 Å². The summed E-state index contributed by atoms with van der Waals surface area (Å²) in [6.07, 6.45) is 12.1. The van der Waals surface area contributed by atoms with E-state index in [-0.39, 0.29) is 53.2 Å². The maximum atomic E-state index is 12.3. The molecule has 202 valence electrons. The molecular formula is C30H40O7. The van der Waals surface area contributed by atoms with E-state index >= 15 is 0 Å². The fourth-order valence-corrected chi connectivity index (χ4v) is 8.63. The molecule has 4 aliphatic carbocycles. The summed E-state index contributed by atoms with van der Waals surface area (Å²) in [5, 5.41) is 21.1. The molecule has 0 aliphatic heterocycles. The van der Waals surface area contributed by atoms with Crippen molar-refractivity contribution in [3.8, 4) is 0 Å². The zero-order chi connectivity index (χ0) is 26.4. The summed E-state index contributed by atoms with van der Waals surface area (Å²) in [6, 6.07) is 3.36. The minimum atomic E-state index is -0.838. The summed E-state index contributed by atoms with van der Waals surface area (Å²) in [6.45, 7) is 4.59. The zero-order valence-electron chi connectivity index (χ0n) is 22.0. The number of hydrogen-bond acceptors (Lipinski definition) is 6. The molecule has 3 fully saturated rings. The normalized spacial score (nSPS) is 38.6. The Bertz CT molecular complexity index is 1120. The van der Waals surface area contributed by atoms with E-state index in [1.165, 1.54) is 11.6 Å². The molecule has 0 unspecified atom stereocenters. The van der Waals surface area contributed by atoms with Crippen LogP contribution in [0.2, 0.25) is 0 Å². The first-order valence-corrected chi connectivity index (χ1v) is 14.0. The highest BCUT2D eigenvalue weighted by Gasteiger charge is 2.66. The number of carbonyl (C=O) groups is 2. The Morgan fingerprint density at radius 1 is 1.03 bits per heavy atom. The van der Waals surface area contributed by atoms with Crippen LogP contribution in [0.15, 0.2) is 39.3 Å². The van der Waals surface area contributed by atoms with Gasteiger partial charge in [-0.05, 0) is 105 Å². The maximum Gasteiger partial charge on any atom is 0.335 e. The predicted molar refractivity (Wildman–Crippen MR) is 137 cm³/mol. The SMILES string of the molecule is C[C@]12CC[C@H](OC(=O)CCCCC(=O)O)C=C1CC[C@@H]1[C@@H]2CC[C@]2(C)[C@@H](c3ccc(=O)oc3)CC[C@]12O. The molecule has 5 rings (SSSR count). The fraction of sp³-hybridized carbons (Fsp3) is 0.700. The van der Waals surface area contributed by atoms with E-state index in [0.29, 0.717) is 18.8 Å². The van der Waals surface area contributed by atoms with Gasteiger partial charge in [-0.25, -0.2) is 4.79 Å². The molecule has 3 saturated carbocycles. The number of unbranched alkanes of at least 4 members (excludes halogenated alkanes) is 1. The number of carboxylic acids is 1. The Kier molecular flexibility index (Phi) is 6.88. The predicted octanol–water partition coefficient (Wildman–Crippen LogP) is 5.36. The minimum absolute atomic E-state index is 0.00198. The molecule has 37 heavy (non-hydrogen) atoms. The molecule has 0 radical (unpaired) electrons. The largest absolute Gasteiger partial charge is 0.481 e. The minimum Gasteiger partial charge on any atom is -0.481 e. The van der Waals surface area contributed by atoms with Crippen LogP contribution in [-0.2, 0) is 14.3 Å². The molecule has 1 aromatic heterocycles. The van der Waals surface area contributed by atoms with Gasteiger partial charge in [0.15, 0.2) is 0 Å². The van der Waals surface area contributed by atoms with E-state index in [9.17, 15) is 19.5 Å². The molecule has 0 saturated heterocycles. The molecule has 0 aromatic carbocycles. The van der Waals surface area contributed by atoms with Crippen LogP contribution in [0.5, 0.6) is 0 Å². The van der Waals surface area contributed by atoms with Crippen LogP contribution in [0, 0.1) is 22.7 Å². The van der Waals surface area contributed by atoms with Gasteiger partial charge < -0.3 is 19.4 Å². The van der Waals surface area contributed by atoms with Crippen molar-refractivity contribution in [2.75, 3.05) is 0 Å². The maximum absolute atomic E-state index is 12.3. The highest BCUT2D eigenvalue weighted by molar-refractivity contribution is 5.70. The molecule has 0 amide bonds. The van der Waals surface area contributed by atoms with Gasteiger partial charge in [0.2, 0.25) is 0 Å². The molecule has 2 N–H and O–H groups in total. The Labute approximate surface area is 218 Å². The number of hydrogen-bond donors (Lipinski definition) is 2. The van der Waals surface area contributed by atoms with Crippen molar-refractivity contribution in [3.05, 3.63) is 46.0 Å². The lowest BCUT2D eigenvalue weighted by Crippen LogP contribution is -2.60. The molecule has 1 aromatic rings. The van der Waals surface area contributed by atoms with Crippen LogP contribution in [-0.4, -0.2) is 33.9 Å². The quantitative estimate of drug-likeness (QED) is 0.287. The van der Waals surface area contributed by atoms with E-state index in [4.69, 9.17) is 14.3 Å². The summed E-state index contributed by atoms with van der Waals surface area (Å²) in [5.41, 5.74) is 1.05. The smallest absolute Gasteiger partial charge is 0.335 e. The molecule has 1 heterocycles. The topological polar surface area (TPSA) is 114 Å². The Morgan fingerprint density at radius 2 is 1.81 bits per heavy atom. The van der Waals surface area contributed by atoms with Crippen LogP contribution in [0.3, 0.4) is 0 Å². The summed E-state index contributed by atoms with van der Waals surface area (Å²) in [5.74, 6) is -0.290. The second kappa shape index (κ2) is 9.72. The van der Waals surface area contributed by atoms with Gasteiger partial charge >= 0.3 is 17.6 Å². The zero-order valence-corrected chi connectivity index (χ0v) is 22.0. The van der Waals surface area contributed by atoms with Gasteiger partial charge in [-0.15, -0.1) is 0 Å². The number of esters is 1. The van der Waals surface area contributed by atoms with Crippen molar-refractivity contribution in [1.82, 2.24) is 0 Å². The summed E-state index contributed by atoms with van der Waals surface area (Å²) in [7, 11) is 0. The molecule has 0 bridgehead atoms. The van der Waals surface area contributed by atoms with E-state index in [2.05, 4.69) is 19.9 Å². The van der Waals surface area contributed by atoms with Crippen LogP contribution >= 0.6 is 0 Å². The Hall–Kier alpha value is -2.41. The van der Waals surface area contributed by atoms with Crippen LogP contribution in [0.25, 0.3) is 0 Å². The second-order valence-corrected chi connectivity index (χ2v) is 12.4. The average Bonchev–Trinajstić information content (AvgIpc) is 3.14. The summed E-state index contributed by atoms with van der Waals surface area (Å²) in [4.78, 5) is 34.5. The molecular weight excluding hydrogens is 472 g/mol. The van der Waals surface area contributed by atoms with Gasteiger partial charge in [0, 0.05) is 24.3 Å². The summed E-state index contributed by atoms with van der Waals surface area (Å²) >= 11 is 0. The van der Waals surface area contributed by atoms with Gasteiger partial charge in [-0.3, -0.25) is 9.59 Å². The highest BCUT2D eigenvalue weighted by Crippen LogP contribution is 2.70. The Balaban J connectivity index is 1.28. The van der Waals surface area contributed by atoms with Crippen LogP contribution < -0.4 is 5.63 Å². The lowest BCUT2D eigenvalue weighted by molar-refractivity contribution is -0.178. The first-order chi connectivity index (χ1) is 17.6. The standard InChI is InChI=1S/C30H40O7/c1-28-14-11-21(37-27(34)6-4-3-5-25(31)32)17-20(28)8-9-24-23(28)12-15-29(2)22(13-16-30(24,29)35)19-7-10-26(33)36-18-19/h7,10,17-18,21-24,35H,3-6,8-9,11-16H2,1-2H3,(H,31,32)/t21-,22+,23-,24+,28-,29+,30-/m0/s1. The van der Waals surface area contributed by atoms with Crippen LogP contribution in [0.4, 0.5) is 0 Å². The van der Waals surface area contributed by atoms with Gasteiger partial charge in [-0.1, -0.05) is 19.4 Å². The van der Waals surface area contributed by atoms with Gasteiger partial charge in [0.05, 0.1) is 11.9 Å². The monoisotopic (exact) mass is 512 g/mol. The van der Waals surface area contributed by atoms with Crippen molar-refractivity contribution < 1.29 is 29.0 Å². The van der Waals surface area contributed by atoms with E-state index in [1.807, 2.05) is 6.07 Å². The average molecular weight is 513 g/mol. The van der Waals surface area contributed by atoms with E-state index in [1.54, 1.807) is 6.26 Å². The number of rotatable bonds is 7. The number of ether oxygens (including phenoxy) is 1. The third kappa shape index (κ3) is 4.47. The fourth-order valence-electron chi connectivity index (χ4n) is 8.63. The Morgan fingerprint density at radius 3 is 2.54 bits per heavy atom. The molecule has 4 aliphatic rings. The van der Waals surface area contributed by atoms with E-state index in [0.717, 1.165) is 56.9 Å². The lowest BCUT2D eigenvalue weighted by Gasteiger charge is -2.61. The number of carboxylic acid groups (broad SMARTS) is 1. The molecule has 7 heteroatoms. The van der Waals surface area contributed by atoms with Crippen molar-refractivity contribution in [3.63, 3.8) is 0 Å². The number of aliphatic carboxylic acids is 1. The lowest BCUT2D eigenvalue weighted by atomic mass is 9.45. The number of aliphatic hydroxyl groups is 1. The van der Waals surface area contributed by atoms with Gasteiger partial charge in [0.25, 0.3) is 0 Å². The third-order valence-corrected chi connectivity index (χ3v) is 10.7. The van der Waals surface area contributed by atoms with Crippen LogP contribution in [0.1, 0.15) is 102 Å². The summed E-state index contributed by atoms with van der Waals surface area (Å²) < 4.78 is 11.0. The van der Waals surface area contributed by atoms with Gasteiger partial charge in [-0.2, -0.15) is 0 Å². The molecule has 7 nitrogen and oxygen atoms in total. The first kappa shape index (κ1) is 26.2. The highest BCUT2D eigenvalue weighted by atomic mass is 16.5. The van der Waals surface area contributed by atoms with Crippen molar-refractivity contribution >= 4 is 11.9 Å². The van der Waals surface area contributed by atoms with Gasteiger partial charge in [0.1, 0.15) is 6.10 Å². The number of fused-ring (bicyclic) bond motifs is 5. The molecule has 0 spiro atoms. The molecule has 7 atom stereocenters. The van der Waals surface area contributed by atoms with Crippen molar-refractivity contribution in [1.29, 1.82) is 0 Å². The third-order valence-electron chi connectivity index (χ3n) is 10.7.